The number of anilines is 1. The molecule has 2 aromatic rings. The second-order valence-corrected chi connectivity index (χ2v) is 7.73. The van der Waals surface area contributed by atoms with Crippen molar-refractivity contribution in [2.45, 2.75) is 18.2 Å². The first kappa shape index (κ1) is 18.7. The minimum absolute atomic E-state index is 0.0971. The molecule has 3 aliphatic rings. The van der Waals surface area contributed by atoms with E-state index < -0.39 is 23.5 Å². The second-order valence-electron chi connectivity index (χ2n) is 7.73. The molecular formula is C22H22N2O6. The van der Waals surface area contributed by atoms with Crippen LogP contribution in [0.15, 0.2) is 53.2 Å². The highest BCUT2D eigenvalue weighted by molar-refractivity contribution is 6.00. The Morgan fingerprint density at radius 1 is 1.30 bits per heavy atom. The number of methoxy groups -OCH3 is 2. The molecule has 1 aromatic heterocycles. The molecule has 4 heterocycles. The number of amides is 2. The van der Waals surface area contributed by atoms with Crippen LogP contribution in [-0.2, 0) is 20.9 Å². The minimum atomic E-state index is -0.764. The van der Waals surface area contributed by atoms with Gasteiger partial charge in [0.2, 0.25) is 11.8 Å². The van der Waals surface area contributed by atoms with Crippen molar-refractivity contribution in [3.05, 3.63) is 54.5 Å². The van der Waals surface area contributed by atoms with Crippen molar-refractivity contribution in [1.82, 2.24) is 4.90 Å². The normalized spacial score (nSPS) is 28.7. The summed E-state index contributed by atoms with van der Waals surface area (Å²) in [5, 5.41) is 2.91. The molecule has 156 valence electrons. The van der Waals surface area contributed by atoms with E-state index >= 15 is 0 Å². The second kappa shape index (κ2) is 6.91. The quantitative estimate of drug-likeness (QED) is 0.735. The third-order valence-corrected chi connectivity index (χ3v) is 6.07. The number of hydrogen-bond acceptors (Lipinski definition) is 6. The molecule has 8 nitrogen and oxygen atoms in total. The smallest absolute Gasteiger partial charge is 0.231 e. The van der Waals surface area contributed by atoms with E-state index in [9.17, 15) is 9.59 Å². The molecule has 2 bridgehead atoms. The number of carbonyl (C=O) groups is 2. The van der Waals surface area contributed by atoms with E-state index in [-0.39, 0.29) is 11.8 Å². The van der Waals surface area contributed by atoms with Crippen LogP contribution in [0, 0.1) is 11.8 Å². The first-order chi connectivity index (χ1) is 14.5. The molecule has 4 atom stereocenters. The van der Waals surface area contributed by atoms with Crippen molar-refractivity contribution >= 4 is 17.5 Å². The molecule has 3 aliphatic heterocycles. The molecule has 30 heavy (non-hydrogen) atoms. The highest BCUT2D eigenvalue weighted by Crippen LogP contribution is 2.52. The Bertz CT molecular complexity index is 1020. The summed E-state index contributed by atoms with van der Waals surface area (Å²) in [5.74, 6) is 0.251. The van der Waals surface area contributed by atoms with E-state index in [1.165, 1.54) is 7.11 Å². The first-order valence-corrected chi connectivity index (χ1v) is 9.76. The molecule has 1 aromatic carbocycles. The van der Waals surface area contributed by atoms with E-state index in [1.807, 2.05) is 18.2 Å². The summed E-state index contributed by atoms with van der Waals surface area (Å²) in [6, 6.07) is 8.76. The summed E-state index contributed by atoms with van der Waals surface area (Å²) in [6.45, 7) is 0.756. The van der Waals surface area contributed by atoms with Gasteiger partial charge in [0.1, 0.15) is 22.9 Å². The lowest BCUT2D eigenvalue weighted by Gasteiger charge is -2.24. The summed E-state index contributed by atoms with van der Waals surface area (Å²) in [5.41, 5.74) is -0.248. The van der Waals surface area contributed by atoms with Crippen LogP contribution in [0.2, 0.25) is 0 Å². The first-order valence-electron chi connectivity index (χ1n) is 9.76. The third-order valence-electron chi connectivity index (χ3n) is 6.07. The summed E-state index contributed by atoms with van der Waals surface area (Å²) in [4.78, 5) is 28.2. The molecule has 0 aliphatic carbocycles. The Balaban J connectivity index is 1.38. The van der Waals surface area contributed by atoms with Crippen LogP contribution in [0.25, 0.3) is 0 Å². The van der Waals surface area contributed by atoms with E-state index in [1.54, 1.807) is 42.5 Å². The maximum Gasteiger partial charge on any atom is 0.231 e. The average Bonchev–Trinajstić information content (AvgIpc) is 3.52. The molecule has 3 unspecified atom stereocenters. The summed E-state index contributed by atoms with van der Waals surface area (Å²) >= 11 is 0. The number of nitrogens with one attached hydrogen (secondary N) is 1. The lowest BCUT2D eigenvalue weighted by atomic mass is 9.76. The number of likely N-dealkylation sites (tertiary alicyclic amines) is 1. The molecule has 2 amide bonds. The van der Waals surface area contributed by atoms with Gasteiger partial charge < -0.3 is 28.8 Å². The molecule has 0 radical (unpaired) electrons. The van der Waals surface area contributed by atoms with Crippen molar-refractivity contribution in [3.63, 3.8) is 0 Å². The van der Waals surface area contributed by atoms with E-state index in [0.717, 1.165) is 0 Å². The molecule has 1 spiro atoms. The van der Waals surface area contributed by atoms with Gasteiger partial charge in [-0.15, -0.1) is 0 Å². The summed E-state index contributed by atoms with van der Waals surface area (Å²) in [6.07, 6.45) is 4.97. The molecule has 1 N–H and O–H groups in total. The zero-order valence-corrected chi connectivity index (χ0v) is 16.7. The van der Waals surface area contributed by atoms with Gasteiger partial charge in [-0.3, -0.25) is 9.59 Å². The van der Waals surface area contributed by atoms with E-state index in [2.05, 4.69) is 5.32 Å². The fraction of sp³-hybridized carbons (Fsp3) is 0.364. The largest absolute Gasteiger partial charge is 0.497 e. The van der Waals surface area contributed by atoms with Gasteiger partial charge in [-0.1, -0.05) is 12.2 Å². The predicted octanol–water partition coefficient (Wildman–Crippen LogP) is 2.22. The number of ether oxygens (including phenoxy) is 3. The van der Waals surface area contributed by atoms with Crippen LogP contribution in [0.3, 0.4) is 0 Å². The van der Waals surface area contributed by atoms with Gasteiger partial charge in [-0.05, 0) is 24.3 Å². The maximum atomic E-state index is 13.2. The van der Waals surface area contributed by atoms with Crippen LogP contribution in [0.5, 0.6) is 11.5 Å². The molecular weight excluding hydrogens is 388 g/mol. The lowest BCUT2D eigenvalue weighted by Crippen LogP contribution is -2.41. The van der Waals surface area contributed by atoms with Gasteiger partial charge in [0.25, 0.3) is 0 Å². The van der Waals surface area contributed by atoms with Gasteiger partial charge in [0.05, 0.1) is 57.2 Å². The number of furan rings is 1. The zero-order valence-electron chi connectivity index (χ0n) is 16.7. The topological polar surface area (TPSA) is 90.2 Å². The Kier molecular flexibility index (Phi) is 4.32. The van der Waals surface area contributed by atoms with Crippen LogP contribution in [0.1, 0.15) is 5.76 Å². The fourth-order valence-corrected chi connectivity index (χ4v) is 4.72. The molecule has 8 heteroatoms. The summed E-state index contributed by atoms with van der Waals surface area (Å²) in [7, 11) is 3.08. The van der Waals surface area contributed by atoms with Crippen molar-refractivity contribution in [2.75, 3.05) is 26.1 Å². The minimum Gasteiger partial charge on any atom is -0.497 e. The lowest BCUT2D eigenvalue weighted by molar-refractivity contribution is -0.136. The highest BCUT2D eigenvalue weighted by atomic mass is 16.5. The summed E-state index contributed by atoms with van der Waals surface area (Å²) < 4.78 is 22.1. The third kappa shape index (κ3) is 2.79. The highest BCUT2D eigenvalue weighted by Gasteiger charge is 2.66. The molecule has 5 rings (SSSR count). The van der Waals surface area contributed by atoms with Gasteiger partial charge in [0.15, 0.2) is 0 Å². The van der Waals surface area contributed by atoms with E-state index in [4.69, 9.17) is 18.6 Å². The maximum absolute atomic E-state index is 13.2. The van der Waals surface area contributed by atoms with Crippen molar-refractivity contribution < 1.29 is 28.2 Å². The number of fused-ring (bicyclic) bond motifs is 1. The van der Waals surface area contributed by atoms with Gasteiger partial charge in [0, 0.05) is 6.07 Å². The number of carbonyl (C=O) groups excluding carboxylic acids is 2. The van der Waals surface area contributed by atoms with Crippen LogP contribution < -0.4 is 14.8 Å². The Morgan fingerprint density at radius 2 is 2.17 bits per heavy atom. The monoisotopic (exact) mass is 410 g/mol. The molecule has 2 fully saturated rings. The fourth-order valence-electron chi connectivity index (χ4n) is 4.72. The number of rotatable bonds is 6. The Hall–Kier alpha value is -3.26. The Morgan fingerprint density at radius 3 is 2.90 bits per heavy atom. The molecule has 2 saturated heterocycles. The van der Waals surface area contributed by atoms with Gasteiger partial charge >= 0.3 is 0 Å². The van der Waals surface area contributed by atoms with Crippen LogP contribution in [-0.4, -0.2) is 49.2 Å². The SMILES string of the molecule is COc1ccc(NC(=O)C2C3C=C[C@]4(CN(Cc5ccco5)C(=O)C24)O3)c(OC)c1. The number of nitrogens with zero attached hydrogens (tertiary/aromatic N) is 1. The van der Waals surface area contributed by atoms with Crippen molar-refractivity contribution in [1.29, 1.82) is 0 Å². The zero-order chi connectivity index (χ0) is 20.9. The van der Waals surface area contributed by atoms with E-state index in [0.29, 0.717) is 36.0 Å². The number of benzene rings is 1. The number of hydrogen-bond donors (Lipinski definition) is 1. The van der Waals surface area contributed by atoms with Crippen molar-refractivity contribution in [3.8, 4) is 11.5 Å². The van der Waals surface area contributed by atoms with Gasteiger partial charge in [-0.25, -0.2) is 0 Å². The predicted molar refractivity (Wildman–Crippen MR) is 106 cm³/mol. The Labute approximate surface area is 173 Å². The average molecular weight is 410 g/mol. The van der Waals surface area contributed by atoms with Crippen molar-refractivity contribution in [2.24, 2.45) is 11.8 Å². The van der Waals surface area contributed by atoms with Gasteiger partial charge in [-0.2, -0.15) is 0 Å². The standard InChI is InChI=1S/C22H22N2O6/c1-27-13-5-6-15(17(10-13)28-2)23-20(25)18-16-7-8-22(30-16)12-24(21(26)19(18)22)11-14-4-3-9-29-14/h3-10,16,18-19H,11-12H2,1-2H3,(H,23,25)/t16?,18?,19?,22-/m1/s1. The van der Waals surface area contributed by atoms with Crippen LogP contribution >= 0.6 is 0 Å². The van der Waals surface area contributed by atoms with Crippen LogP contribution in [0.4, 0.5) is 5.69 Å². The molecule has 0 saturated carbocycles.